The van der Waals surface area contributed by atoms with Crippen LogP contribution in [-0.2, 0) is 5.75 Å². The SMILES string of the molecule is Cc1ccc2nc(SCc3ccnc(C#N)c3)[nH]c2c1. The Balaban J connectivity index is 1.78. The number of aromatic nitrogens is 3. The highest BCUT2D eigenvalue weighted by atomic mass is 32.2. The number of imidazole rings is 1. The number of H-pyrrole nitrogens is 1. The predicted octanol–water partition coefficient (Wildman–Crippen LogP) is 3.43. The molecule has 98 valence electrons. The number of benzene rings is 1. The monoisotopic (exact) mass is 280 g/mol. The number of nitriles is 1. The lowest BCUT2D eigenvalue weighted by atomic mass is 10.2. The Hall–Kier alpha value is -2.32. The molecule has 0 fully saturated rings. The van der Waals surface area contributed by atoms with Crippen molar-refractivity contribution in [2.24, 2.45) is 0 Å². The molecule has 20 heavy (non-hydrogen) atoms. The van der Waals surface area contributed by atoms with E-state index in [1.54, 1.807) is 24.0 Å². The van der Waals surface area contributed by atoms with Crippen LogP contribution in [0.25, 0.3) is 11.0 Å². The zero-order valence-corrected chi connectivity index (χ0v) is 11.7. The van der Waals surface area contributed by atoms with E-state index in [1.807, 2.05) is 18.2 Å². The topological polar surface area (TPSA) is 65.4 Å². The Kier molecular flexibility index (Phi) is 3.40. The number of hydrogen-bond donors (Lipinski definition) is 1. The summed E-state index contributed by atoms with van der Waals surface area (Å²) in [7, 11) is 0. The molecule has 0 unspecified atom stereocenters. The van der Waals surface area contributed by atoms with Gasteiger partial charge in [0.25, 0.3) is 0 Å². The molecule has 2 aromatic heterocycles. The maximum absolute atomic E-state index is 8.83. The lowest BCUT2D eigenvalue weighted by Crippen LogP contribution is -1.86. The van der Waals surface area contributed by atoms with E-state index in [9.17, 15) is 0 Å². The maximum Gasteiger partial charge on any atom is 0.166 e. The van der Waals surface area contributed by atoms with E-state index < -0.39 is 0 Å². The summed E-state index contributed by atoms with van der Waals surface area (Å²) in [4.78, 5) is 11.8. The zero-order chi connectivity index (χ0) is 13.9. The summed E-state index contributed by atoms with van der Waals surface area (Å²) in [5.74, 6) is 0.760. The molecule has 0 saturated carbocycles. The van der Waals surface area contributed by atoms with Gasteiger partial charge in [-0.3, -0.25) is 0 Å². The van der Waals surface area contributed by atoms with Crippen molar-refractivity contribution >= 4 is 22.8 Å². The van der Waals surface area contributed by atoms with Gasteiger partial charge in [0.2, 0.25) is 0 Å². The molecule has 0 aliphatic heterocycles. The second kappa shape index (κ2) is 5.35. The summed E-state index contributed by atoms with van der Waals surface area (Å²) >= 11 is 1.62. The van der Waals surface area contributed by atoms with E-state index in [-0.39, 0.29) is 0 Å². The van der Waals surface area contributed by atoms with Crippen molar-refractivity contribution in [3.8, 4) is 6.07 Å². The molecule has 3 aromatic rings. The lowest BCUT2D eigenvalue weighted by Gasteiger charge is -1.98. The third kappa shape index (κ3) is 2.65. The molecule has 0 amide bonds. The first-order valence-electron chi connectivity index (χ1n) is 6.19. The number of fused-ring (bicyclic) bond motifs is 1. The van der Waals surface area contributed by atoms with Crippen LogP contribution in [0.3, 0.4) is 0 Å². The molecule has 5 heteroatoms. The molecule has 0 bridgehead atoms. The first kappa shape index (κ1) is 12.7. The van der Waals surface area contributed by atoms with Gasteiger partial charge in [0, 0.05) is 11.9 Å². The third-order valence-corrected chi connectivity index (χ3v) is 3.87. The molecule has 4 nitrogen and oxygen atoms in total. The minimum atomic E-state index is 0.448. The van der Waals surface area contributed by atoms with Crippen LogP contribution in [0.2, 0.25) is 0 Å². The number of rotatable bonds is 3. The van der Waals surface area contributed by atoms with Gasteiger partial charge in [0.05, 0.1) is 11.0 Å². The number of nitrogens with zero attached hydrogens (tertiary/aromatic N) is 3. The third-order valence-electron chi connectivity index (χ3n) is 2.93. The number of thioether (sulfide) groups is 1. The average Bonchev–Trinajstić information content (AvgIpc) is 2.87. The van der Waals surface area contributed by atoms with Crippen LogP contribution in [0.1, 0.15) is 16.8 Å². The molecule has 0 radical (unpaired) electrons. The molecule has 3 rings (SSSR count). The summed E-state index contributed by atoms with van der Waals surface area (Å²) in [6.45, 7) is 2.06. The highest BCUT2D eigenvalue weighted by Crippen LogP contribution is 2.23. The van der Waals surface area contributed by atoms with Crippen LogP contribution in [0.5, 0.6) is 0 Å². The fourth-order valence-electron chi connectivity index (χ4n) is 1.95. The second-order valence-electron chi connectivity index (χ2n) is 4.51. The normalized spacial score (nSPS) is 10.6. The number of aryl methyl sites for hydroxylation is 1. The van der Waals surface area contributed by atoms with Crippen LogP contribution >= 0.6 is 11.8 Å². The van der Waals surface area contributed by atoms with E-state index in [2.05, 4.69) is 34.0 Å². The molecular formula is C15H12N4S. The molecule has 0 saturated heterocycles. The van der Waals surface area contributed by atoms with Crippen molar-refractivity contribution in [3.05, 3.63) is 53.3 Å². The van der Waals surface area contributed by atoms with Crippen LogP contribution in [-0.4, -0.2) is 15.0 Å². The van der Waals surface area contributed by atoms with E-state index >= 15 is 0 Å². The van der Waals surface area contributed by atoms with Crippen molar-refractivity contribution in [2.45, 2.75) is 17.8 Å². The van der Waals surface area contributed by atoms with E-state index in [0.29, 0.717) is 5.69 Å². The fourth-order valence-corrected chi connectivity index (χ4v) is 2.77. The van der Waals surface area contributed by atoms with Gasteiger partial charge >= 0.3 is 0 Å². The van der Waals surface area contributed by atoms with E-state index in [4.69, 9.17) is 5.26 Å². The van der Waals surface area contributed by atoms with E-state index in [1.165, 1.54) is 5.56 Å². The lowest BCUT2D eigenvalue weighted by molar-refractivity contribution is 1.08. The Labute approximate surface area is 120 Å². The number of hydrogen-bond acceptors (Lipinski definition) is 4. The maximum atomic E-state index is 8.83. The summed E-state index contributed by atoms with van der Waals surface area (Å²) < 4.78 is 0. The van der Waals surface area contributed by atoms with E-state index in [0.717, 1.165) is 27.5 Å². The average molecular weight is 280 g/mol. The van der Waals surface area contributed by atoms with Gasteiger partial charge in [0.15, 0.2) is 5.16 Å². The largest absolute Gasteiger partial charge is 0.333 e. The van der Waals surface area contributed by atoms with Crippen molar-refractivity contribution in [3.63, 3.8) is 0 Å². The van der Waals surface area contributed by atoms with Crippen LogP contribution < -0.4 is 0 Å². The van der Waals surface area contributed by atoms with Crippen molar-refractivity contribution in [1.29, 1.82) is 5.26 Å². The van der Waals surface area contributed by atoms with Gasteiger partial charge in [-0.15, -0.1) is 0 Å². The summed E-state index contributed by atoms with van der Waals surface area (Å²) in [5.41, 5.74) is 4.76. The Morgan fingerprint density at radius 3 is 3.05 bits per heavy atom. The zero-order valence-electron chi connectivity index (χ0n) is 10.9. The van der Waals surface area contributed by atoms with Crippen LogP contribution in [0.15, 0.2) is 41.7 Å². The quantitative estimate of drug-likeness (QED) is 0.746. The summed E-state index contributed by atoms with van der Waals surface area (Å²) in [5, 5.41) is 9.72. The number of aromatic amines is 1. The molecule has 1 N–H and O–H groups in total. The van der Waals surface area contributed by atoms with Crippen LogP contribution in [0.4, 0.5) is 0 Å². The molecular weight excluding hydrogens is 268 g/mol. The first-order valence-corrected chi connectivity index (χ1v) is 7.17. The number of pyridine rings is 1. The molecule has 0 spiro atoms. The van der Waals surface area contributed by atoms with Gasteiger partial charge < -0.3 is 4.98 Å². The second-order valence-corrected chi connectivity index (χ2v) is 5.48. The first-order chi connectivity index (χ1) is 9.74. The summed E-state index contributed by atoms with van der Waals surface area (Å²) in [6, 6.07) is 11.9. The van der Waals surface area contributed by atoms with Crippen molar-refractivity contribution in [2.75, 3.05) is 0 Å². The Bertz CT molecular complexity index is 801. The van der Waals surface area contributed by atoms with Gasteiger partial charge in [-0.25, -0.2) is 9.97 Å². The van der Waals surface area contributed by atoms with Gasteiger partial charge in [-0.2, -0.15) is 5.26 Å². The van der Waals surface area contributed by atoms with Gasteiger partial charge in [0.1, 0.15) is 11.8 Å². The highest BCUT2D eigenvalue weighted by molar-refractivity contribution is 7.98. The molecule has 0 aliphatic carbocycles. The molecule has 0 atom stereocenters. The Morgan fingerprint density at radius 2 is 2.20 bits per heavy atom. The molecule has 2 heterocycles. The van der Waals surface area contributed by atoms with Crippen molar-refractivity contribution in [1.82, 2.24) is 15.0 Å². The van der Waals surface area contributed by atoms with Gasteiger partial charge in [-0.1, -0.05) is 17.8 Å². The minimum absolute atomic E-state index is 0.448. The standard InChI is InChI=1S/C15H12N4S/c1-10-2-3-13-14(6-10)19-15(18-13)20-9-11-4-5-17-12(7-11)8-16/h2-7H,9H2,1H3,(H,18,19). The number of nitrogens with one attached hydrogen (secondary N) is 1. The Morgan fingerprint density at radius 1 is 1.30 bits per heavy atom. The van der Waals surface area contributed by atoms with Crippen molar-refractivity contribution < 1.29 is 0 Å². The predicted molar refractivity (Wildman–Crippen MR) is 79.3 cm³/mol. The highest BCUT2D eigenvalue weighted by Gasteiger charge is 2.04. The minimum Gasteiger partial charge on any atom is -0.333 e. The summed E-state index contributed by atoms with van der Waals surface area (Å²) in [6.07, 6.45) is 1.66. The van der Waals surface area contributed by atoms with Gasteiger partial charge in [-0.05, 0) is 42.3 Å². The van der Waals surface area contributed by atoms with Crippen LogP contribution in [0, 0.1) is 18.3 Å². The molecule has 0 aliphatic rings. The smallest absolute Gasteiger partial charge is 0.166 e. The fraction of sp³-hybridized carbons (Fsp3) is 0.133. The molecule has 1 aromatic carbocycles.